The Morgan fingerprint density at radius 3 is 1.58 bits per heavy atom. The lowest BCUT2D eigenvalue weighted by Gasteiger charge is -2.24. The third-order valence-corrected chi connectivity index (χ3v) is 11.8. The van der Waals surface area contributed by atoms with Crippen LogP contribution in [0.15, 0.2) is 176 Å². The maximum absolute atomic E-state index is 2.54. The van der Waals surface area contributed by atoms with E-state index in [0.29, 0.717) is 0 Å². The van der Waals surface area contributed by atoms with Gasteiger partial charge in [0.25, 0.3) is 0 Å². The van der Waals surface area contributed by atoms with Crippen molar-refractivity contribution in [1.82, 2.24) is 4.57 Å². The van der Waals surface area contributed by atoms with Crippen LogP contribution < -0.4 is 0 Å². The summed E-state index contributed by atoms with van der Waals surface area (Å²) in [6, 6.07) is 63.4. The molecule has 0 spiro atoms. The number of hydrogen-bond donors (Lipinski definition) is 0. The highest BCUT2D eigenvalue weighted by molar-refractivity contribution is 6.23. The fourth-order valence-electron chi connectivity index (χ4n) is 9.16. The summed E-state index contributed by atoms with van der Waals surface area (Å²) in [4.78, 5) is 0. The number of benzene rings is 9. The number of nitrogens with zero attached hydrogens (tertiary/aromatic N) is 1. The molecule has 1 heterocycles. The van der Waals surface area contributed by atoms with Gasteiger partial charge in [0, 0.05) is 17.3 Å². The van der Waals surface area contributed by atoms with Crippen LogP contribution in [-0.2, 0) is 5.41 Å². The summed E-state index contributed by atoms with van der Waals surface area (Å²) >= 11 is 0. The van der Waals surface area contributed by atoms with E-state index >= 15 is 0 Å². The summed E-state index contributed by atoms with van der Waals surface area (Å²) in [5.74, 6) is 0. The normalized spacial score (nSPS) is 13.3. The van der Waals surface area contributed by atoms with Crippen molar-refractivity contribution in [1.29, 1.82) is 0 Å². The lowest BCUT2D eigenvalue weighted by Crippen LogP contribution is -2.15. The van der Waals surface area contributed by atoms with Crippen LogP contribution in [-0.4, -0.2) is 4.57 Å². The Labute approximate surface area is 303 Å². The third-order valence-electron chi connectivity index (χ3n) is 11.8. The summed E-state index contributed by atoms with van der Waals surface area (Å²) < 4.78 is 2.33. The molecule has 0 bridgehead atoms. The number of aromatic nitrogens is 1. The number of para-hydroxylation sites is 1. The van der Waals surface area contributed by atoms with Crippen LogP contribution in [0.2, 0.25) is 0 Å². The van der Waals surface area contributed by atoms with Gasteiger partial charge in [-0.2, -0.15) is 0 Å². The van der Waals surface area contributed by atoms with E-state index in [9.17, 15) is 0 Å². The van der Waals surface area contributed by atoms with E-state index in [1.54, 1.807) is 0 Å². The second-order valence-electron chi connectivity index (χ2n) is 15.0. The lowest BCUT2D eigenvalue weighted by molar-refractivity contribution is 0.660. The van der Waals surface area contributed by atoms with Crippen molar-refractivity contribution in [2.45, 2.75) is 19.3 Å². The van der Waals surface area contributed by atoms with Crippen LogP contribution >= 0.6 is 0 Å². The van der Waals surface area contributed by atoms with Crippen molar-refractivity contribution in [2.24, 2.45) is 0 Å². The zero-order valence-corrected chi connectivity index (χ0v) is 29.2. The molecule has 1 aliphatic carbocycles. The van der Waals surface area contributed by atoms with Crippen molar-refractivity contribution in [3.05, 3.63) is 187 Å². The van der Waals surface area contributed by atoms with Gasteiger partial charge in [-0.25, -0.2) is 0 Å². The van der Waals surface area contributed by atoms with Crippen molar-refractivity contribution in [2.75, 3.05) is 0 Å². The molecule has 10 aromatic rings. The molecule has 0 saturated heterocycles. The van der Waals surface area contributed by atoms with Crippen LogP contribution in [0.1, 0.15) is 25.0 Å². The summed E-state index contributed by atoms with van der Waals surface area (Å²) in [5.41, 5.74) is 12.7. The van der Waals surface area contributed by atoms with Gasteiger partial charge in [-0.05, 0) is 142 Å². The molecule has 0 saturated carbocycles. The zero-order chi connectivity index (χ0) is 34.6. The molecule has 1 aliphatic rings. The van der Waals surface area contributed by atoms with Crippen molar-refractivity contribution >= 4 is 54.0 Å². The van der Waals surface area contributed by atoms with Crippen LogP contribution in [0.25, 0.3) is 93.1 Å². The first kappa shape index (κ1) is 29.3. The van der Waals surface area contributed by atoms with Crippen LogP contribution in [0.4, 0.5) is 0 Å². The molecule has 1 aromatic heterocycles. The molecule has 52 heavy (non-hydrogen) atoms. The van der Waals surface area contributed by atoms with E-state index in [0.717, 1.165) is 0 Å². The molecular weight excluding hydrogens is 627 g/mol. The van der Waals surface area contributed by atoms with E-state index in [1.165, 1.54) is 104 Å². The molecule has 11 rings (SSSR count). The van der Waals surface area contributed by atoms with Gasteiger partial charge in [-0.15, -0.1) is 0 Å². The highest BCUT2D eigenvalue weighted by atomic mass is 15.0. The van der Waals surface area contributed by atoms with Crippen molar-refractivity contribution < 1.29 is 0 Å². The molecule has 0 radical (unpaired) electrons. The van der Waals surface area contributed by atoms with Gasteiger partial charge in [-0.1, -0.05) is 135 Å². The standard InChI is InChI=1S/C51H35N/c1-51(2)46-29-39(52-26-25-34-13-7-10-18-48(34)52)23-24-40(46)43-30-44-45(31-47(43)51)50(38-22-20-33-12-4-6-15-36(33)28-38)42-17-9-8-16-41(42)49(44)37-21-19-32-11-3-5-14-35(32)27-37/h3-31H,1-2H3. The fraction of sp³-hybridized carbons (Fsp3) is 0.0588. The van der Waals surface area contributed by atoms with Crippen molar-refractivity contribution in [3.8, 4) is 39.1 Å². The zero-order valence-electron chi connectivity index (χ0n) is 29.2. The SMILES string of the molecule is CC1(C)c2cc(-n3ccc4ccccc43)ccc2-c2cc3c(-c4ccc5ccccc5c4)c4ccccc4c(-c4ccc5ccccc5c4)c3cc21. The van der Waals surface area contributed by atoms with Crippen molar-refractivity contribution in [3.63, 3.8) is 0 Å². The van der Waals surface area contributed by atoms with Crippen LogP contribution in [0.5, 0.6) is 0 Å². The van der Waals surface area contributed by atoms with Gasteiger partial charge in [0.2, 0.25) is 0 Å². The first-order chi connectivity index (χ1) is 25.5. The summed E-state index contributed by atoms with van der Waals surface area (Å²) in [6.07, 6.45) is 2.20. The van der Waals surface area contributed by atoms with Gasteiger partial charge >= 0.3 is 0 Å². The predicted octanol–water partition coefficient (Wildman–Crippen LogP) is 13.9. The number of rotatable bonds is 3. The Morgan fingerprint density at radius 1 is 0.385 bits per heavy atom. The van der Waals surface area contributed by atoms with Gasteiger partial charge in [0.15, 0.2) is 0 Å². The summed E-state index contributed by atoms with van der Waals surface area (Å²) in [7, 11) is 0. The fourth-order valence-corrected chi connectivity index (χ4v) is 9.16. The van der Waals surface area contributed by atoms with Gasteiger partial charge in [0.05, 0.1) is 5.52 Å². The van der Waals surface area contributed by atoms with Crippen LogP contribution in [0.3, 0.4) is 0 Å². The minimum absolute atomic E-state index is 0.187. The maximum Gasteiger partial charge on any atom is 0.0528 e. The summed E-state index contributed by atoms with van der Waals surface area (Å²) in [5, 5.41) is 11.4. The number of hydrogen-bond acceptors (Lipinski definition) is 0. The molecule has 0 N–H and O–H groups in total. The first-order valence-corrected chi connectivity index (χ1v) is 18.3. The quantitative estimate of drug-likeness (QED) is 0.166. The lowest BCUT2D eigenvalue weighted by atomic mass is 9.79. The van der Waals surface area contributed by atoms with E-state index in [2.05, 4.69) is 194 Å². The molecule has 0 atom stereocenters. The Kier molecular flexibility index (Phi) is 6.08. The minimum Gasteiger partial charge on any atom is -0.317 e. The number of fused-ring (bicyclic) bond motifs is 8. The van der Waals surface area contributed by atoms with Crippen LogP contribution in [0, 0.1) is 0 Å². The van der Waals surface area contributed by atoms with E-state index in [-0.39, 0.29) is 5.41 Å². The molecule has 1 heteroatoms. The molecule has 0 amide bonds. The average Bonchev–Trinajstić information content (AvgIpc) is 3.71. The van der Waals surface area contributed by atoms with Gasteiger partial charge in [0.1, 0.15) is 0 Å². The van der Waals surface area contributed by atoms with E-state index < -0.39 is 0 Å². The highest BCUT2D eigenvalue weighted by Crippen LogP contribution is 2.54. The minimum atomic E-state index is -0.187. The summed E-state index contributed by atoms with van der Waals surface area (Å²) in [6.45, 7) is 4.81. The third kappa shape index (κ3) is 4.17. The highest BCUT2D eigenvalue weighted by Gasteiger charge is 2.37. The second kappa shape index (κ2) is 10.8. The molecule has 0 fully saturated rings. The average molecular weight is 662 g/mol. The second-order valence-corrected chi connectivity index (χ2v) is 15.0. The van der Waals surface area contributed by atoms with E-state index in [1.807, 2.05) is 0 Å². The molecule has 244 valence electrons. The monoisotopic (exact) mass is 661 g/mol. The molecule has 0 aliphatic heterocycles. The maximum atomic E-state index is 2.54. The smallest absolute Gasteiger partial charge is 0.0528 e. The Balaban J connectivity index is 1.23. The topological polar surface area (TPSA) is 4.93 Å². The molecule has 1 nitrogen and oxygen atoms in total. The largest absolute Gasteiger partial charge is 0.317 e. The molecule has 9 aromatic carbocycles. The Hall–Kier alpha value is -6.44. The molecular formula is C51H35N. The van der Waals surface area contributed by atoms with Gasteiger partial charge in [-0.3, -0.25) is 0 Å². The van der Waals surface area contributed by atoms with Gasteiger partial charge < -0.3 is 4.57 Å². The first-order valence-electron chi connectivity index (χ1n) is 18.3. The predicted molar refractivity (Wildman–Crippen MR) is 222 cm³/mol. The molecule has 0 unspecified atom stereocenters. The Morgan fingerprint density at radius 2 is 0.923 bits per heavy atom. The Bertz CT molecular complexity index is 3100. The van der Waals surface area contributed by atoms with E-state index in [4.69, 9.17) is 0 Å².